The molecule has 1 fully saturated rings. The second-order valence-electron chi connectivity index (χ2n) is 10.1. The van der Waals surface area contributed by atoms with Crippen LogP contribution in [0.25, 0.3) is 0 Å². The van der Waals surface area contributed by atoms with Crippen molar-refractivity contribution >= 4 is 35.4 Å². The van der Waals surface area contributed by atoms with E-state index < -0.39 is 78.1 Å². The van der Waals surface area contributed by atoms with Gasteiger partial charge < -0.3 is 30.8 Å². The standard InChI is InChI=1S/C26H33F3N4O7.Na/c1-13(2)19(21(36)26(27,28)29)31-24(39)17-6-5-11-33(17)25(40)20(14(3)4)32-23(38)16-9-7-15(8-10-16)22(37)30-12-18(34)35;/h7-10,13-14,17,19-20H,5-6,11-12H2,1-4H3,(H,30,37)(H,31,39)(H,32,38)(H,34,35);/q;+1/p-1/t17-,19?,20-;/m0./s1. The van der Waals surface area contributed by atoms with Gasteiger partial charge in [0.2, 0.25) is 11.8 Å². The molecule has 1 aromatic rings. The van der Waals surface area contributed by atoms with E-state index >= 15 is 0 Å². The number of amides is 4. The molecule has 220 valence electrons. The number of Topliss-reactive ketones (excluding diaryl/α,β-unsaturated/α-hetero) is 1. The van der Waals surface area contributed by atoms with E-state index in [2.05, 4.69) is 16.0 Å². The molecule has 3 atom stereocenters. The number of hydrogen-bond acceptors (Lipinski definition) is 7. The van der Waals surface area contributed by atoms with Gasteiger partial charge in [-0.2, -0.15) is 13.2 Å². The van der Waals surface area contributed by atoms with Gasteiger partial charge >= 0.3 is 35.7 Å². The monoisotopic (exact) mass is 592 g/mol. The number of ketones is 1. The third-order valence-corrected chi connectivity index (χ3v) is 6.39. The molecule has 0 spiro atoms. The van der Waals surface area contributed by atoms with Gasteiger partial charge in [0.1, 0.15) is 12.1 Å². The first-order chi connectivity index (χ1) is 18.5. The minimum absolute atomic E-state index is 0. The van der Waals surface area contributed by atoms with Crippen molar-refractivity contribution in [3.8, 4) is 0 Å². The molecule has 1 aliphatic rings. The molecule has 1 aliphatic heterocycles. The minimum atomic E-state index is -5.14. The number of likely N-dealkylation sites (tertiary alicyclic amines) is 1. The fraction of sp³-hybridized carbons (Fsp3) is 0.538. The molecule has 0 radical (unpaired) electrons. The maximum absolute atomic E-state index is 13.4. The molecule has 1 aromatic carbocycles. The number of carboxylic acid groups (broad SMARTS) is 1. The Kier molecular flexibility index (Phi) is 13.5. The summed E-state index contributed by atoms with van der Waals surface area (Å²) in [5, 5.41) is 17.4. The molecule has 0 aromatic heterocycles. The van der Waals surface area contributed by atoms with Crippen molar-refractivity contribution in [2.45, 2.75) is 64.8 Å². The molecule has 1 heterocycles. The van der Waals surface area contributed by atoms with Crippen LogP contribution in [0.15, 0.2) is 24.3 Å². The molecular weight excluding hydrogens is 560 g/mol. The van der Waals surface area contributed by atoms with E-state index in [1.165, 1.54) is 43.0 Å². The predicted octanol–water partition coefficient (Wildman–Crippen LogP) is -2.81. The van der Waals surface area contributed by atoms with Crippen molar-refractivity contribution < 1.29 is 76.6 Å². The number of nitrogens with one attached hydrogen (secondary N) is 3. The SMILES string of the molecule is CC(C)C(NC(=O)[C@@H]1CCCN1C(=O)[C@@H](NC(=O)c1ccc(C(=O)NCC(=O)[O-])cc1)C(C)C)C(=O)C(F)(F)F.[Na+]. The smallest absolute Gasteiger partial charge is 0.548 e. The predicted molar refractivity (Wildman–Crippen MR) is 132 cm³/mol. The van der Waals surface area contributed by atoms with Gasteiger partial charge in [0.15, 0.2) is 0 Å². The maximum atomic E-state index is 13.4. The number of hydrogen-bond donors (Lipinski definition) is 3. The zero-order valence-corrected chi connectivity index (χ0v) is 25.5. The van der Waals surface area contributed by atoms with Gasteiger partial charge in [0.25, 0.3) is 17.6 Å². The number of aliphatic carboxylic acids is 1. The van der Waals surface area contributed by atoms with Crippen LogP contribution in [0, 0.1) is 11.8 Å². The van der Waals surface area contributed by atoms with Gasteiger partial charge in [-0.3, -0.25) is 24.0 Å². The number of alkyl halides is 3. The van der Waals surface area contributed by atoms with Crippen molar-refractivity contribution in [3.63, 3.8) is 0 Å². The molecule has 3 N–H and O–H groups in total. The molecule has 1 saturated heterocycles. The van der Waals surface area contributed by atoms with Gasteiger partial charge in [-0.15, -0.1) is 0 Å². The molecule has 2 rings (SSSR count). The Morgan fingerprint density at radius 1 is 0.902 bits per heavy atom. The van der Waals surface area contributed by atoms with Crippen LogP contribution in [0.2, 0.25) is 0 Å². The van der Waals surface area contributed by atoms with E-state index in [0.717, 1.165) is 0 Å². The Hall–Kier alpha value is -2.97. The molecule has 0 bridgehead atoms. The summed E-state index contributed by atoms with van der Waals surface area (Å²) in [7, 11) is 0. The van der Waals surface area contributed by atoms with Crippen molar-refractivity contribution in [1.82, 2.24) is 20.9 Å². The van der Waals surface area contributed by atoms with E-state index in [9.17, 15) is 47.0 Å². The number of halogens is 3. The second-order valence-corrected chi connectivity index (χ2v) is 10.1. The zero-order valence-electron chi connectivity index (χ0n) is 23.5. The Balaban J connectivity index is 0.00000840. The van der Waals surface area contributed by atoms with E-state index in [-0.39, 0.29) is 53.6 Å². The van der Waals surface area contributed by atoms with Crippen LogP contribution in [0.1, 0.15) is 61.3 Å². The van der Waals surface area contributed by atoms with Gasteiger partial charge in [-0.25, -0.2) is 0 Å². The van der Waals surface area contributed by atoms with E-state index in [1.807, 2.05) is 0 Å². The molecular formula is C26H32F3N4NaO7. The Morgan fingerprint density at radius 2 is 1.41 bits per heavy atom. The minimum Gasteiger partial charge on any atom is -0.548 e. The second kappa shape index (κ2) is 15.3. The summed E-state index contributed by atoms with van der Waals surface area (Å²) in [5.41, 5.74) is 0.181. The first-order valence-electron chi connectivity index (χ1n) is 12.7. The number of carbonyl (C=O) groups excluding carboxylic acids is 6. The van der Waals surface area contributed by atoms with Crippen LogP contribution in [0.3, 0.4) is 0 Å². The fourth-order valence-corrected chi connectivity index (χ4v) is 4.21. The topological polar surface area (TPSA) is 165 Å². The average Bonchev–Trinajstić information content (AvgIpc) is 3.37. The number of nitrogens with zero attached hydrogens (tertiary/aromatic N) is 1. The summed E-state index contributed by atoms with van der Waals surface area (Å²) in [6.07, 6.45) is -4.58. The zero-order chi connectivity index (χ0) is 30.4. The van der Waals surface area contributed by atoms with Crippen LogP contribution < -0.4 is 50.6 Å². The van der Waals surface area contributed by atoms with Crippen molar-refractivity contribution in [3.05, 3.63) is 35.4 Å². The quantitative estimate of drug-likeness (QED) is 0.234. The van der Waals surface area contributed by atoms with Gasteiger partial charge in [-0.1, -0.05) is 27.7 Å². The van der Waals surface area contributed by atoms with Gasteiger partial charge in [0, 0.05) is 17.7 Å². The van der Waals surface area contributed by atoms with Crippen LogP contribution in [-0.4, -0.2) is 77.7 Å². The van der Waals surface area contributed by atoms with Crippen LogP contribution in [0.5, 0.6) is 0 Å². The van der Waals surface area contributed by atoms with Crippen LogP contribution >= 0.6 is 0 Å². The van der Waals surface area contributed by atoms with E-state index in [0.29, 0.717) is 6.42 Å². The van der Waals surface area contributed by atoms with Crippen molar-refractivity contribution in [1.29, 1.82) is 0 Å². The third kappa shape index (κ3) is 9.82. The van der Waals surface area contributed by atoms with Crippen molar-refractivity contribution in [2.75, 3.05) is 13.1 Å². The molecule has 0 aliphatic carbocycles. The maximum Gasteiger partial charge on any atom is 1.00 e. The average molecular weight is 593 g/mol. The van der Waals surface area contributed by atoms with Crippen LogP contribution in [0.4, 0.5) is 13.2 Å². The number of rotatable bonds is 11. The van der Waals surface area contributed by atoms with Crippen molar-refractivity contribution in [2.24, 2.45) is 11.8 Å². The van der Waals surface area contributed by atoms with E-state index in [4.69, 9.17) is 0 Å². The molecule has 0 saturated carbocycles. The summed E-state index contributed by atoms with van der Waals surface area (Å²) in [5.74, 6) is -7.69. The first-order valence-corrected chi connectivity index (χ1v) is 12.7. The Bertz CT molecular complexity index is 1140. The van der Waals surface area contributed by atoms with Gasteiger partial charge in [0.05, 0.1) is 18.6 Å². The summed E-state index contributed by atoms with van der Waals surface area (Å²) in [6, 6.07) is 1.18. The third-order valence-electron chi connectivity index (χ3n) is 6.39. The largest absolute Gasteiger partial charge is 1.00 e. The number of carbonyl (C=O) groups is 6. The Morgan fingerprint density at radius 3 is 1.88 bits per heavy atom. The Labute approximate surface area is 257 Å². The fourth-order valence-electron chi connectivity index (χ4n) is 4.21. The molecule has 41 heavy (non-hydrogen) atoms. The van der Waals surface area contributed by atoms with E-state index in [1.54, 1.807) is 13.8 Å². The van der Waals surface area contributed by atoms with Crippen LogP contribution in [-0.2, 0) is 19.2 Å². The number of benzene rings is 1. The summed E-state index contributed by atoms with van der Waals surface area (Å²) in [6.45, 7) is 5.49. The summed E-state index contributed by atoms with van der Waals surface area (Å²) in [4.78, 5) is 74.7. The number of carboxylic acids is 1. The first kappa shape index (κ1) is 36.1. The van der Waals surface area contributed by atoms with Gasteiger partial charge in [-0.05, 0) is 48.9 Å². The molecule has 4 amide bonds. The molecule has 15 heteroatoms. The normalized spacial score (nSPS) is 16.4. The molecule has 11 nitrogen and oxygen atoms in total. The molecule has 1 unspecified atom stereocenters. The summed E-state index contributed by atoms with van der Waals surface area (Å²) < 4.78 is 39.1. The summed E-state index contributed by atoms with van der Waals surface area (Å²) >= 11 is 0.